The Hall–Kier alpha value is -1.16. The minimum Gasteiger partial charge on any atom is -0.394 e. The van der Waals surface area contributed by atoms with Crippen LogP contribution in [0.1, 0.15) is 11.1 Å². The fourth-order valence-corrected chi connectivity index (χ4v) is 2.18. The number of hydrogen-bond donors (Lipinski definition) is 2. The highest BCUT2D eigenvalue weighted by atomic mass is 16.3. The third-order valence-electron chi connectivity index (χ3n) is 3.13. The van der Waals surface area contributed by atoms with E-state index < -0.39 is 0 Å². The highest BCUT2D eigenvalue weighted by molar-refractivity contribution is 5.59. The zero-order chi connectivity index (χ0) is 11.5. The van der Waals surface area contributed by atoms with Crippen LogP contribution < -0.4 is 0 Å². The second-order valence-electron chi connectivity index (χ2n) is 4.19. The van der Waals surface area contributed by atoms with Crippen molar-refractivity contribution in [3.63, 3.8) is 0 Å². The third-order valence-corrected chi connectivity index (χ3v) is 3.13. The molecule has 2 rings (SSSR count). The Labute approximate surface area is 95.6 Å². The van der Waals surface area contributed by atoms with Crippen molar-refractivity contribution in [2.45, 2.75) is 12.6 Å². The van der Waals surface area contributed by atoms with Gasteiger partial charge in [0.05, 0.1) is 19.3 Å². The van der Waals surface area contributed by atoms with E-state index in [0.29, 0.717) is 0 Å². The van der Waals surface area contributed by atoms with Gasteiger partial charge >= 0.3 is 0 Å². The minimum absolute atomic E-state index is 0.0100. The first-order chi connectivity index (χ1) is 7.76. The van der Waals surface area contributed by atoms with Gasteiger partial charge in [-0.15, -0.1) is 0 Å². The number of rotatable bonds is 2. The van der Waals surface area contributed by atoms with E-state index in [2.05, 4.69) is 11.0 Å². The predicted molar refractivity (Wildman–Crippen MR) is 63.8 cm³/mol. The number of fused-ring (bicyclic) bond motifs is 1. The fourth-order valence-electron chi connectivity index (χ4n) is 2.18. The molecular weight excluding hydrogens is 202 g/mol. The number of likely N-dealkylation sites (N-methyl/N-ethyl adjacent to an activating group) is 1. The summed E-state index contributed by atoms with van der Waals surface area (Å²) in [5, 5.41) is 18.7. The minimum atomic E-state index is -0.0857. The van der Waals surface area contributed by atoms with Gasteiger partial charge in [-0.05, 0) is 23.7 Å². The van der Waals surface area contributed by atoms with Crippen LogP contribution in [-0.4, -0.2) is 41.4 Å². The average Bonchev–Trinajstić information content (AvgIpc) is 2.44. The molecule has 0 amide bonds. The largest absolute Gasteiger partial charge is 0.394 e. The van der Waals surface area contributed by atoms with Crippen LogP contribution in [0.25, 0.3) is 6.08 Å². The molecule has 0 saturated carbocycles. The molecule has 1 aliphatic rings. The van der Waals surface area contributed by atoms with Crippen LogP contribution in [0.5, 0.6) is 0 Å². The second kappa shape index (κ2) is 4.78. The lowest BCUT2D eigenvalue weighted by molar-refractivity contribution is 0.154. The summed E-state index contributed by atoms with van der Waals surface area (Å²) in [5.74, 6) is 0. The van der Waals surface area contributed by atoms with E-state index in [1.54, 1.807) is 0 Å². The monoisotopic (exact) mass is 219 g/mol. The van der Waals surface area contributed by atoms with E-state index in [1.165, 1.54) is 5.56 Å². The molecule has 0 radical (unpaired) electrons. The molecule has 0 fully saturated rings. The molecule has 1 heterocycles. The van der Waals surface area contributed by atoms with Crippen LogP contribution in [0, 0.1) is 0 Å². The molecule has 16 heavy (non-hydrogen) atoms. The van der Waals surface area contributed by atoms with Crippen LogP contribution in [0.15, 0.2) is 29.8 Å². The average molecular weight is 219 g/mol. The summed E-state index contributed by atoms with van der Waals surface area (Å²) >= 11 is 0. The number of aliphatic hydroxyl groups is 2. The molecule has 1 aromatic carbocycles. The Kier molecular flexibility index (Phi) is 3.39. The maximum absolute atomic E-state index is 9.37. The number of aliphatic hydroxyl groups excluding tert-OH is 2. The van der Waals surface area contributed by atoms with Gasteiger partial charge in [0.2, 0.25) is 0 Å². The molecule has 2 N–H and O–H groups in total. The lowest BCUT2D eigenvalue weighted by Gasteiger charge is -2.26. The Bertz CT molecular complexity index is 401. The quantitative estimate of drug-likeness (QED) is 0.775. The first kappa shape index (κ1) is 11.3. The second-order valence-corrected chi connectivity index (χ2v) is 4.19. The van der Waals surface area contributed by atoms with Crippen molar-refractivity contribution < 1.29 is 10.2 Å². The molecule has 1 aromatic rings. The van der Waals surface area contributed by atoms with Crippen molar-refractivity contribution in [1.29, 1.82) is 0 Å². The SMILES string of the molecule is CN1Cc2ccccc2C=C(CO)[C@@H]1CO. The molecule has 1 atom stereocenters. The van der Waals surface area contributed by atoms with Gasteiger partial charge in [-0.1, -0.05) is 30.3 Å². The molecular formula is C13H17NO2. The molecule has 3 heteroatoms. The first-order valence-corrected chi connectivity index (χ1v) is 5.46. The Morgan fingerprint density at radius 2 is 2.06 bits per heavy atom. The summed E-state index contributed by atoms with van der Waals surface area (Å²) in [5.41, 5.74) is 3.23. The molecule has 0 bridgehead atoms. The van der Waals surface area contributed by atoms with Crippen molar-refractivity contribution in [2.75, 3.05) is 20.3 Å². The van der Waals surface area contributed by atoms with Crippen molar-refractivity contribution in [2.24, 2.45) is 0 Å². The summed E-state index contributed by atoms with van der Waals surface area (Å²) in [6.45, 7) is 0.822. The highest BCUT2D eigenvalue weighted by Crippen LogP contribution is 2.23. The molecule has 0 spiro atoms. The predicted octanol–water partition coefficient (Wildman–Crippen LogP) is 0.869. The maximum atomic E-state index is 9.37. The summed E-state index contributed by atoms with van der Waals surface area (Å²) in [7, 11) is 1.96. The van der Waals surface area contributed by atoms with E-state index in [1.807, 2.05) is 31.3 Å². The molecule has 0 saturated heterocycles. The summed E-state index contributed by atoms with van der Waals surface area (Å²) in [6.07, 6.45) is 1.99. The smallest absolute Gasteiger partial charge is 0.0661 e. The maximum Gasteiger partial charge on any atom is 0.0661 e. The van der Waals surface area contributed by atoms with Crippen molar-refractivity contribution in [1.82, 2.24) is 4.90 Å². The first-order valence-electron chi connectivity index (χ1n) is 5.46. The molecule has 0 unspecified atom stereocenters. The third kappa shape index (κ3) is 2.02. The van der Waals surface area contributed by atoms with Gasteiger partial charge in [0.25, 0.3) is 0 Å². The molecule has 0 aromatic heterocycles. The van der Waals surface area contributed by atoms with Gasteiger partial charge in [-0.3, -0.25) is 4.90 Å². The van der Waals surface area contributed by atoms with E-state index in [-0.39, 0.29) is 19.3 Å². The summed E-state index contributed by atoms with van der Waals surface area (Å²) < 4.78 is 0. The lowest BCUT2D eigenvalue weighted by Crippen LogP contribution is -2.35. The summed E-state index contributed by atoms with van der Waals surface area (Å²) in [6, 6.07) is 8.04. The van der Waals surface area contributed by atoms with Crippen LogP contribution in [0.4, 0.5) is 0 Å². The van der Waals surface area contributed by atoms with Gasteiger partial charge < -0.3 is 10.2 Å². The van der Waals surface area contributed by atoms with Crippen LogP contribution in [0.3, 0.4) is 0 Å². The van der Waals surface area contributed by atoms with E-state index >= 15 is 0 Å². The standard InChI is InChI=1S/C13H17NO2/c1-14-7-11-5-3-2-4-10(11)6-12(8-15)13(14)9-16/h2-6,13,15-16H,7-9H2,1H3/t13-/m0/s1. The van der Waals surface area contributed by atoms with Gasteiger partial charge in [0, 0.05) is 6.54 Å². The Morgan fingerprint density at radius 1 is 1.31 bits per heavy atom. The highest BCUT2D eigenvalue weighted by Gasteiger charge is 2.22. The van der Waals surface area contributed by atoms with Crippen molar-refractivity contribution >= 4 is 6.08 Å². The van der Waals surface area contributed by atoms with Crippen LogP contribution in [-0.2, 0) is 6.54 Å². The van der Waals surface area contributed by atoms with Crippen molar-refractivity contribution in [3.05, 3.63) is 41.0 Å². The van der Waals surface area contributed by atoms with Crippen LogP contribution in [0.2, 0.25) is 0 Å². The van der Waals surface area contributed by atoms with Gasteiger partial charge in [-0.25, -0.2) is 0 Å². The number of benzene rings is 1. The van der Waals surface area contributed by atoms with Gasteiger partial charge in [-0.2, -0.15) is 0 Å². The molecule has 86 valence electrons. The lowest BCUT2D eigenvalue weighted by atomic mass is 10.0. The molecule has 1 aliphatic heterocycles. The normalized spacial score (nSPS) is 21.2. The topological polar surface area (TPSA) is 43.7 Å². The Morgan fingerprint density at radius 3 is 2.75 bits per heavy atom. The molecule has 3 nitrogen and oxygen atoms in total. The molecule has 0 aliphatic carbocycles. The zero-order valence-electron chi connectivity index (χ0n) is 9.43. The number of nitrogens with zero attached hydrogens (tertiary/aromatic N) is 1. The van der Waals surface area contributed by atoms with E-state index in [0.717, 1.165) is 17.7 Å². The van der Waals surface area contributed by atoms with Gasteiger partial charge in [0.1, 0.15) is 0 Å². The van der Waals surface area contributed by atoms with Crippen LogP contribution >= 0.6 is 0 Å². The van der Waals surface area contributed by atoms with E-state index in [9.17, 15) is 10.2 Å². The van der Waals surface area contributed by atoms with Crippen molar-refractivity contribution in [3.8, 4) is 0 Å². The number of hydrogen-bond acceptors (Lipinski definition) is 3. The summed E-state index contributed by atoms with van der Waals surface area (Å²) in [4.78, 5) is 2.06. The zero-order valence-corrected chi connectivity index (χ0v) is 9.43. The van der Waals surface area contributed by atoms with E-state index in [4.69, 9.17) is 0 Å². The fraction of sp³-hybridized carbons (Fsp3) is 0.385. The Balaban J connectivity index is 2.45. The van der Waals surface area contributed by atoms with Gasteiger partial charge in [0.15, 0.2) is 0 Å².